The Kier molecular flexibility index (Phi) is 6.99. The van der Waals surface area contributed by atoms with Crippen LogP contribution in [-0.4, -0.2) is 65.6 Å². The highest BCUT2D eigenvalue weighted by molar-refractivity contribution is 5.97. The largest absolute Gasteiger partial charge is 0.434 e. The first kappa shape index (κ1) is 21.7. The first-order valence-electron chi connectivity index (χ1n) is 9.70. The summed E-state index contributed by atoms with van der Waals surface area (Å²) in [6, 6.07) is 7.21. The number of aromatic nitrogens is 1. The van der Waals surface area contributed by atoms with Gasteiger partial charge in [-0.15, -0.1) is 0 Å². The van der Waals surface area contributed by atoms with E-state index >= 15 is 0 Å². The van der Waals surface area contributed by atoms with Crippen LogP contribution in [0.3, 0.4) is 0 Å². The summed E-state index contributed by atoms with van der Waals surface area (Å²) in [5, 5.41) is 6.51. The molecule has 0 saturated carbocycles. The fourth-order valence-corrected chi connectivity index (χ4v) is 3.49. The van der Waals surface area contributed by atoms with Gasteiger partial charge in [0.1, 0.15) is 11.5 Å². The van der Waals surface area contributed by atoms with Crippen molar-refractivity contribution in [1.29, 1.82) is 0 Å². The summed E-state index contributed by atoms with van der Waals surface area (Å²) in [4.78, 5) is 29.0. The molecule has 162 valence electrons. The summed E-state index contributed by atoms with van der Waals surface area (Å²) >= 11 is 0. The highest BCUT2D eigenvalue weighted by Gasteiger charge is 2.31. The molecule has 1 aromatic carbocycles. The smallest absolute Gasteiger partial charge is 0.387 e. The lowest BCUT2D eigenvalue weighted by atomic mass is 10.1. The van der Waals surface area contributed by atoms with E-state index in [9.17, 15) is 18.4 Å². The van der Waals surface area contributed by atoms with Crippen LogP contribution in [0.2, 0.25) is 0 Å². The summed E-state index contributed by atoms with van der Waals surface area (Å²) < 4.78 is 34.7. The van der Waals surface area contributed by atoms with Gasteiger partial charge in [0, 0.05) is 32.2 Å². The van der Waals surface area contributed by atoms with Crippen molar-refractivity contribution >= 4 is 17.6 Å². The molecule has 1 aliphatic heterocycles. The van der Waals surface area contributed by atoms with Crippen LogP contribution in [0.25, 0.3) is 0 Å². The lowest BCUT2D eigenvalue weighted by Crippen LogP contribution is -2.54. The second kappa shape index (κ2) is 9.66. The number of rotatable bonds is 7. The number of nitrogens with one attached hydrogen (secondary N) is 1. The second-order valence-corrected chi connectivity index (χ2v) is 6.94. The van der Waals surface area contributed by atoms with Gasteiger partial charge in [0.2, 0.25) is 5.91 Å². The maximum Gasteiger partial charge on any atom is 0.387 e. The molecule has 2 amide bonds. The Morgan fingerprint density at radius 3 is 2.53 bits per heavy atom. The number of carbonyl (C=O) groups is 2. The van der Waals surface area contributed by atoms with E-state index in [-0.39, 0.29) is 29.2 Å². The number of nitrogens with zero attached hydrogens (tertiary/aromatic N) is 3. The zero-order valence-electron chi connectivity index (χ0n) is 16.8. The van der Waals surface area contributed by atoms with Crippen molar-refractivity contribution in [2.75, 3.05) is 31.5 Å². The van der Waals surface area contributed by atoms with Crippen molar-refractivity contribution < 1.29 is 27.6 Å². The van der Waals surface area contributed by atoms with Gasteiger partial charge >= 0.3 is 6.61 Å². The number of piperazine rings is 1. The quantitative estimate of drug-likeness (QED) is 0.738. The minimum Gasteiger partial charge on any atom is -0.434 e. The maximum atomic E-state index is 12.8. The van der Waals surface area contributed by atoms with Gasteiger partial charge < -0.3 is 19.5 Å². The number of amides is 2. The number of ether oxygens (including phenoxy) is 1. The van der Waals surface area contributed by atoms with Gasteiger partial charge in [0.05, 0.1) is 11.6 Å². The third-order valence-electron chi connectivity index (χ3n) is 4.94. The monoisotopic (exact) mass is 422 g/mol. The fourth-order valence-electron chi connectivity index (χ4n) is 3.49. The number of hydrogen-bond donors (Lipinski definition) is 1. The number of hydrogen-bond acceptors (Lipinski definition) is 6. The van der Waals surface area contributed by atoms with E-state index in [1.165, 1.54) is 18.2 Å². The average Bonchev–Trinajstić information content (AvgIpc) is 3.13. The van der Waals surface area contributed by atoms with Crippen molar-refractivity contribution in [2.24, 2.45) is 0 Å². The molecular weight excluding hydrogens is 398 g/mol. The number of para-hydroxylation sites is 1. The molecule has 1 unspecified atom stereocenters. The minimum atomic E-state index is -3.01. The van der Waals surface area contributed by atoms with Crippen LogP contribution < -0.4 is 10.1 Å². The Hall–Kier alpha value is -3.01. The third-order valence-corrected chi connectivity index (χ3v) is 4.94. The van der Waals surface area contributed by atoms with Gasteiger partial charge in [-0.05, 0) is 25.5 Å². The Labute approximate surface area is 172 Å². The van der Waals surface area contributed by atoms with Gasteiger partial charge in [-0.3, -0.25) is 14.5 Å². The van der Waals surface area contributed by atoms with Crippen molar-refractivity contribution in [3.8, 4) is 5.75 Å². The maximum absolute atomic E-state index is 12.8. The number of benzene rings is 1. The molecule has 1 aliphatic rings. The van der Waals surface area contributed by atoms with E-state index in [1.54, 1.807) is 24.0 Å². The third kappa shape index (κ3) is 5.12. The highest BCUT2D eigenvalue weighted by Crippen LogP contribution is 2.23. The zero-order chi connectivity index (χ0) is 21.7. The molecule has 3 rings (SSSR count). The molecule has 1 atom stereocenters. The van der Waals surface area contributed by atoms with Crippen LogP contribution >= 0.6 is 0 Å². The summed E-state index contributed by atoms with van der Waals surface area (Å²) in [6.07, 6.45) is 0.585. The highest BCUT2D eigenvalue weighted by atomic mass is 19.3. The molecule has 0 aliphatic carbocycles. The van der Waals surface area contributed by atoms with E-state index < -0.39 is 6.61 Å². The molecule has 1 fully saturated rings. The zero-order valence-corrected chi connectivity index (χ0v) is 16.8. The Morgan fingerprint density at radius 1 is 1.23 bits per heavy atom. The average molecular weight is 422 g/mol. The van der Waals surface area contributed by atoms with Crippen LogP contribution in [-0.2, 0) is 4.79 Å². The Morgan fingerprint density at radius 2 is 1.93 bits per heavy atom. The normalized spacial score (nSPS) is 15.8. The molecule has 2 aromatic rings. The van der Waals surface area contributed by atoms with Crippen LogP contribution in [0.1, 0.15) is 29.5 Å². The number of anilines is 1. The second-order valence-electron chi connectivity index (χ2n) is 6.94. The summed E-state index contributed by atoms with van der Waals surface area (Å²) in [5.74, 6) is 0.248. The van der Waals surface area contributed by atoms with E-state index in [0.717, 1.165) is 0 Å². The number of aryl methyl sites for hydroxylation is 1. The van der Waals surface area contributed by atoms with Gasteiger partial charge in [-0.2, -0.15) is 8.78 Å². The minimum absolute atomic E-state index is 0.0948. The van der Waals surface area contributed by atoms with Crippen LogP contribution in [0.5, 0.6) is 5.75 Å². The molecule has 1 saturated heterocycles. The Balaban J connectivity index is 1.61. The van der Waals surface area contributed by atoms with Gasteiger partial charge in [-0.1, -0.05) is 24.2 Å². The van der Waals surface area contributed by atoms with E-state index in [1.807, 2.05) is 11.8 Å². The summed E-state index contributed by atoms with van der Waals surface area (Å²) in [7, 11) is 0. The topological polar surface area (TPSA) is 87.9 Å². The number of carbonyl (C=O) groups excluding carboxylic acids is 2. The molecule has 2 heterocycles. The first-order chi connectivity index (χ1) is 14.4. The van der Waals surface area contributed by atoms with E-state index in [2.05, 4.69) is 15.2 Å². The first-order valence-corrected chi connectivity index (χ1v) is 9.70. The predicted molar refractivity (Wildman–Crippen MR) is 104 cm³/mol. The van der Waals surface area contributed by atoms with Crippen LogP contribution in [0.4, 0.5) is 14.6 Å². The van der Waals surface area contributed by atoms with E-state index in [0.29, 0.717) is 44.2 Å². The predicted octanol–water partition coefficient (Wildman–Crippen LogP) is 2.76. The van der Waals surface area contributed by atoms with Crippen molar-refractivity contribution in [3.63, 3.8) is 0 Å². The SMILES string of the molecule is CCC(C(=O)Nc1cc(C)on1)N1CCN(C(=O)c2ccccc2OC(F)F)CC1. The molecule has 0 bridgehead atoms. The molecule has 30 heavy (non-hydrogen) atoms. The number of halogens is 2. The van der Waals surface area contributed by atoms with Gasteiger partial charge in [0.25, 0.3) is 5.91 Å². The number of alkyl halides is 2. The molecule has 8 nitrogen and oxygen atoms in total. The van der Waals surface area contributed by atoms with Crippen molar-refractivity contribution in [3.05, 3.63) is 41.7 Å². The van der Waals surface area contributed by atoms with Crippen LogP contribution in [0, 0.1) is 6.92 Å². The van der Waals surface area contributed by atoms with Crippen LogP contribution in [0.15, 0.2) is 34.9 Å². The standard InChI is InChI=1S/C20H24F2N4O4/c1-3-15(18(27)23-17-12-13(2)30-24-17)25-8-10-26(11-9-25)19(28)14-6-4-5-7-16(14)29-20(21)22/h4-7,12,15,20H,3,8-11H2,1-2H3,(H,23,24,27). The van der Waals surface area contributed by atoms with E-state index in [4.69, 9.17) is 4.52 Å². The van der Waals surface area contributed by atoms with Crippen molar-refractivity contribution in [1.82, 2.24) is 15.0 Å². The fraction of sp³-hybridized carbons (Fsp3) is 0.450. The molecule has 10 heteroatoms. The molecule has 0 radical (unpaired) electrons. The van der Waals surface area contributed by atoms with Gasteiger partial charge in [-0.25, -0.2) is 0 Å². The van der Waals surface area contributed by atoms with Crippen molar-refractivity contribution in [2.45, 2.75) is 32.9 Å². The molecular formula is C20H24F2N4O4. The molecule has 1 N–H and O–H groups in total. The lowest BCUT2D eigenvalue weighted by molar-refractivity contribution is -0.122. The van der Waals surface area contributed by atoms with Gasteiger partial charge in [0.15, 0.2) is 5.82 Å². The summed E-state index contributed by atoms with van der Waals surface area (Å²) in [5.41, 5.74) is 0.0948. The molecule has 0 spiro atoms. The Bertz CT molecular complexity index is 881. The lowest BCUT2D eigenvalue weighted by Gasteiger charge is -2.38. The summed E-state index contributed by atoms with van der Waals surface area (Å²) in [6.45, 7) is 2.34. The molecule has 1 aromatic heterocycles.